The molecule has 2 fully saturated rings. The van der Waals surface area contributed by atoms with E-state index < -0.39 is 5.97 Å². The van der Waals surface area contributed by atoms with Crippen LogP contribution in [0.1, 0.15) is 48.0 Å². The second kappa shape index (κ2) is 7.48. The molecule has 1 aliphatic carbocycles. The molecular formula is C19H22N2O3. The molecule has 2 atom stereocenters. The Morgan fingerprint density at radius 1 is 1.12 bits per heavy atom. The summed E-state index contributed by atoms with van der Waals surface area (Å²) in [4.78, 5) is 26.1. The first kappa shape index (κ1) is 16.5. The number of amides is 1. The van der Waals surface area contributed by atoms with Crippen molar-refractivity contribution in [1.29, 1.82) is 5.26 Å². The molecule has 0 spiro atoms. The highest BCUT2D eigenvalue weighted by atomic mass is 16.5. The fraction of sp³-hybridized carbons (Fsp3) is 0.526. The van der Waals surface area contributed by atoms with Crippen LogP contribution in [-0.2, 0) is 9.53 Å². The number of benzene rings is 1. The van der Waals surface area contributed by atoms with Gasteiger partial charge in [0.25, 0.3) is 5.91 Å². The summed E-state index contributed by atoms with van der Waals surface area (Å²) in [6, 6.07) is 8.20. The number of piperidine rings is 1. The van der Waals surface area contributed by atoms with E-state index in [1.165, 1.54) is 25.7 Å². The molecule has 1 aliphatic heterocycles. The van der Waals surface area contributed by atoms with E-state index in [1.54, 1.807) is 24.3 Å². The van der Waals surface area contributed by atoms with Crippen molar-refractivity contribution in [2.75, 3.05) is 19.7 Å². The van der Waals surface area contributed by atoms with Gasteiger partial charge in [-0.15, -0.1) is 0 Å². The lowest BCUT2D eigenvalue weighted by Crippen LogP contribution is -2.46. The van der Waals surface area contributed by atoms with Crippen LogP contribution in [-0.4, -0.2) is 36.5 Å². The molecule has 5 heteroatoms. The Kier molecular flexibility index (Phi) is 5.14. The lowest BCUT2D eigenvalue weighted by atomic mass is 9.75. The van der Waals surface area contributed by atoms with Crippen molar-refractivity contribution < 1.29 is 14.3 Å². The first-order valence-electron chi connectivity index (χ1n) is 8.62. The smallest absolute Gasteiger partial charge is 0.338 e. The number of fused-ring (bicyclic) bond motifs is 1. The number of rotatable bonds is 3. The zero-order valence-corrected chi connectivity index (χ0v) is 13.7. The summed E-state index contributed by atoms with van der Waals surface area (Å²) in [6.45, 7) is 1.36. The van der Waals surface area contributed by atoms with Gasteiger partial charge in [-0.3, -0.25) is 4.79 Å². The first-order chi connectivity index (χ1) is 11.7. The monoisotopic (exact) mass is 326 g/mol. The lowest BCUT2D eigenvalue weighted by Gasteiger charge is -2.41. The van der Waals surface area contributed by atoms with Crippen LogP contribution in [0.4, 0.5) is 0 Å². The maximum Gasteiger partial charge on any atom is 0.338 e. The number of nitrogens with zero attached hydrogens (tertiary/aromatic N) is 2. The second-order valence-corrected chi connectivity index (χ2v) is 6.70. The molecule has 24 heavy (non-hydrogen) atoms. The summed E-state index contributed by atoms with van der Waals surface area (Å²) in [5.41, 5.74) is 0.839. The molecule has 0 radical (unpaired) electrons. The minimum absolute atomic E-state index is 0.110. The second-order valence-electron chi connectivity index (χ2n) is 6.70. The number of likely N-dealkylation sites (tertiary alicyclic amines) is 1. The van der Waals surface area contributed by atoms with Gasteiger partial charge in [-0.2, -0.15) is 5.26 Å². The van der Waals surface area contributed by atoms with Gasteiger partial charge in [0.2, 0.25) is 0 Å². The number of hydrogen-bond acceptors (Lipinski definition) is 4. The first-order valence-corrected chi connectivity index (χ1v) is 8.62. The average molecular weight is 326 g/mol. The molecule has 1 saturated heterocycles. The Balaban J connectivity index is 1.49. The summed E-state index contributed by atoms with van der Waals surface area (Å²) in [6.07, 6.45) is 6.15. The zero-order valence-electron chi connectivity index (χ0n) is 13.7. The van der Waals surface area contributed by atoms with Gasteiger partial charge in [0.1, 0.15) is 0 Å². The number of hydrogen-bond donors (Lipinski definition) is 0. The van der Waals surface area contributed by atoms with Gasteiger partial charge in [-0.05, 0) is 48.9 Å². The van der Waals surface area contributed by atoms with Gasteiger partial charge in [0, 0.05) is 13.1 Å². The summed E-state index contributed by atoms with van der Waals surface area (Å²) < 4.78 is 5.14. The molecule has 1 heterocycles. The van der Waals surface area contributed by atoms with Crippen LogP contribution >= 0.6 is 0 Å². The highest BCUT2D eigenvalue weighted by Crippen LogP contribution is 2.35. The average Bonchev–Trinajstić information content (AvgIpc) is 2.65. The normalized spacial score (nSPS) is 23.0. The van der Waals surface area contributed by atoms with Crippen molar-refractivity contribution in [3.63, 3.8) is 0 Å². The Hall–Kier alpha value is -2.35. The largest absolute Gasteiger partial charge is 0.452 e. The molecule has 3 rings (SSSR count). The Labute approximate surface area is 142 Å². The minimum Gasteiger partial charge on any atom is -0.452 e. The van der Waals surface area contributed by atoms with Crippen LogP contribution in [0.3, 0.4) is 0 Å². The van der Waals surface area contributed by atoms with Gasteiger partial charge < -0.3 is 9.64 Å². The van der Waals surface area contributed by atoms with Crippen LogP contribution in [0, 0.1) is 23.2 Å². The Morgan fingerprint density at radius 3 is 2.54 bits per heavy atom. The minimum atomic E-state index is -0.527. The quantitative estimate of drug-likeness (QED) is 0.801. The van der Waals surface area contributed by atoms with E-state index >= 15 is 0 Å². The van der Waals surface area contributed by atoms with E-state index in [4.69, 9.17) is 10.00 Å². The summed E-state index contributed by atoms with van der Waals surface area (Å²) >= 11 is 0. The van der Waals surface area contributed by atoms with E-state index in [0.717, 1.165) is 25.4 Å². The summed E-state index contributed by atoms with van der Waals surface area (Å²) in [5, 5.41) is 8.75. The fourth-order valence-electron chi connectivity index (χ4n) is 3.81. The number of ether oxygens (including phenoxy) is 1. The Morgan fingerprint density at radius 2 is 1.83 bits per heavy atom. The molecule has 2 aliphatic rings. The van der Waals surface area contributed by atoms with E-state index in [9.17, 15) is 9.59 Å². The molecular weight excluding hydrogens is 304 g/mol. The van der Waals surface area contributed by atoms with E-state index in [0.29, 0.717) is 17.0 Å². The molecule has 1 aromatic carbocycles. The topological polar surface area (TPSA) is 70.4 Å². The van der Waals surface area contributed by atoms with Crippen LogP contribution < -0.4 is 0 Å². The third-order valence-corrected chi connectivity index (χ3v) is 5.22. The van der Waals surface area contributed by atoms with Crippen LogP contribution in [0.25, 0.3) is 0 Å². The third-order valence-electron chi connectivity index (χ3n) is 5.22. The van der Waals surface area contributed by atoms with Crippen molar-refractivity contribution >= 4 is 11.9 Å². The summed E-state index contributed by atoms with van der Waals surface area (Å²) in [5.74, 6) is 0.746. The fourth-order valence-corrected chi connectivity index (χ4v) is 3.81. The van der Waals surface area contributed by atoms with Crippen LogP contribution in [0.2, 0.25) is 0 Å². The van der Waals surface area contributed by atoms with Gasteiger partial charge in [-0.1, -0.05) is 19.3 Å². The molecule has 1 saturated carbocycles. The van der Waals surface area contributed by atoms with Crippen molar-refractivity contribution in [3.05, 3.63) is 35.4 Å². The molecule has 1 amide bonds. The maximum atomic E-state index is 12.3. The highest BCUT2D eigenvalue weighted by molar-refractivity contribution is 5.91. The third kappa shape index (κ3) is 3.76. The van der Waals surface area contributed by atoms with Crippen molar-refractivity contribution in [2.45, 2.75) is 32.1 Å². The standard InChI is InChI=1S/C19H22N2O3/c20-11-14-5-7-16(8-6-14)19(23)24-13-18(22)21-10-9-15-3-1-2-4-17(15)12-21/h5-8,15,17H,1-4,9-10,12-13H2/t15-,17-/m0/s1. The predicted molar refractivity (Wildman–Crippen MR) is 88.1 cm³/mol. The van der Waals surface area contributed by atoms with Crippen LogP contribution in [0.15, 0.2) is 24.3 Å². The zero-order chi connectivity index (χ0) is 16.9. The SMILES string of the molecule is N#Cc1ccc(C(=O)OCC(=O)N2CC[C@@H]3CCCC[C@H]3C2)cc1. The van der Waals surface area contributed by atoms with Crippen LogP contribution in [0.5, 0.6) is 0 Å². The molecule has 5 nitrogen and oxygen atoms in total. The molecule has 1 aromatic rings. The Bertz CT molecular complexity index is 648. The van der Waals surface area contributed by atoms with Crippen molar-refractivity contribution in [2.24, 2.45) is 11.8 Å². The number of esters is 1. The van der Waals surface area contributed by atoms with E-state index in [2.05, 4.69) is 0 Å². The molecule has 0 N–H and O–H groups in total. The van der Waals surface area contributed by atoms with Gasteiger partial charge in [0.05, 0.1) is 17.2 Å². The lowest BCUT2D eigenvalue weighted by molar-refractivity contribution is -0.137. The maximum absolute atomic E-state index is 12.3. The number of carbonyl (C=O) groups excluding carboxylic acids is 2. The predicted octanol–water partition coefficient (Wildman–Crippen LogP) is 2.75. The molecule has 126 valence electrons. The van der Waals surface area contributed by atoms with E-state index in [1.807, 2.05) is 11.0 Å². The number of carbonyl (C=O) groups is 2. The van der Waals surface area contributed by atoms with E-state index in [-0.39, 0.29) is 12.5 Å². The van der Waals surface area contributed by atoms with Gasteiger partial charge in [-0.25, -0.2) is 4.79 Å². The van der Waals surface area contributed by atoms with Gasteiger partial charge >= 0.3 is 5.97 Å². The van der Waals surface area contributed by atoms with Gasteiger partial charge in [0.15, 0.2) is 6.61 Å². The molecule has 0 unspecified atom stereocenters. The van der Waals surface area contributed by atoms with Crippen molar-refractivity contribution in [1.82, 2.24) is 4.90 Å². The highest BCUT2D eigenvalue weighted by Gasteiger charge is 2.33. The molecule has 0 bridgehead atoms. The van der Waals surface area contributed by atoms with Crippen molar-refractivity contribution in [3.8, 4) is 6.07 Å². The number of nitriles is 1. The molecule has 0 aromatic heterocycles. The summed E-state index contributed by atoms with van der Waals surface area (Å²) in [7, 11) is 0.